The summed E-state index contributed by atoms with van der Waals surface area (Å²) in [6.07, 6.45) is 1.26. The highest BCUT2D eigenvalue weighted by molar-refractivity contribution is 5.97. The lowest BCUT2D eigenvalue weighted by Gasteiger charge is -2.47. The maximum absolute atomic E-state index is 13.3. The third-order valence-electron chi connectivity index (χ3n) is 6.31. The van der Waals surface area contributed by atoms with Crippen molar-refractivity contribution in [2.45, 2.75) is 31.8 Å². The number of carbonyl (C=O) groups excluding carboxylic acids is 2. The highest BCUT2D eigenvalue weighted by atomic mass is 16.8. The van der Waals surface area contributed by atoms with E-state index in [2.05, 4.69) is 4.98 Å². The first-order valence-corrected chi connectivity index (χ1v) is 10.5. The van der Waals surface area contributed by atoms with Gasteiger partial charge in [0.2, 0.25) is 11.8 Å². The van der Waals surface area contributed by atoms with Crippen molar-refractivity contribution in [2.24, 2.45) is 0 Å². The van der Waals surface area contributed by atoms with Crippen LogP contribution >= 0.6 is 0 Å². The summed E-state index contributed by atoms with van der Waals surface area (Å²) in [6.45, 7) is 2.63. The molecule has 31 heavy (non-hydrogen) atoms. The number of carbonyl (C=O) groups is 2. The van der Waals surface area contributed by atoms with E-state index in [9.17, 15) is 20.0 Å². The minimum Gasteiger partial charge on any atom is -0.595 e. The predicted octanol–water partition coefficient (Wildman–Crippen LogP) is 1.67. The summed E-state index contributed by atoms with van der Waals surface area (Å²) in [6, 6.07) is 13.5. The van der Waals surface area contributed by atoms with E-state index in [1.54, 1.807) is 34.1 Å². The van der Waals surface area contributed by atoms with Gasteiger partial charge in [0, 0.05) is 41.7 Å². The lowest BCUT2D eigenvalue weighted by atomic mass is 9.86. The van der Waals surface area contributed by atoms with Gasteiger partial charge in [0.25, 0.3) is 0 Å². The number of piperazine rings is 1. The van der Waals surface area contributed by atoms with Crippen LogP contribution in [0.3, 0.4) is 0 Å². The third-order valence-corrected chi connectivity index (χ3v) is 6.31. The molecule has 3 aromatic rings. The summed E-state index contributed by atoms with van der Waals surface area (Å²) in [5.41, 5.74) is 3.87. The van der Waals surface area contributed by atoms with Crippen molar-refractivity contribution < 1.29 is 20.0 Å². The van der Waals surface area contributed by atoms with Crippen LogP contribution in [-0.2, 0) is 16.0 Å². The molecule has 1 saturated heterocycles. The molecule has 2 aliphatic rings. The Bertz CT molecular complexity index is 1150. The summed E-state index contributed by atoms with van der Waals surface area (Å²) in [5.74, 6) is -0.112. The second-order valence-corrected chi connectivity index (χ2v) is 8.17. The van der Waals surface area contributed by atoms with Gasteiger partial charge in [0.1, 0.15) is 6.04 Å². The Kier molecular flexibility index (Phi) is 4.77. The van der Waals surface area contributed by atoms with E-state index in [-0.39, 0.29) is 24.0 Å². The summed E-state index contributed by atoms with van der Waals surface area (Å²) in [4.78, 5) is 33.4. The maximum atomic E-state index is 13.3. The Morgan fingerprint density at radius 1 is 1.16 bits per heavy atom. The van der Waals surface area contributed by atoms with E-state index in [4.69, 9.17) is 0 Å². The number of aromatic amines is 1. The fourth-order valence-corrected chi connectivity index (χ4v) is 4.94. The van der Waals surface area contributed by atoms with Crippen LogP contribution in [0.15, 0.2) is 48.5 Å². The van der Waals surface area contributed by atoms with Crippen molar-refractivity contribution in [2.75, 3.05) is 13.1 Å². The van der Waals surface area contributed by atoms with Crippen LogP contribution in [0.2, 0.25) is 0 Å². The van der Waals surface area contributed by atoms with Gasteiger partial charge >= 0.3 is 0 Å². The zero-order valence-electron chi connectivity index (χ0n) is 17.2. The molecule has 3 atom stereocenters. The Morgan fingerprint density at radius 3 is 2.61 bits per heavy atom. The monoisotopic (exact) mass is 420 g/mol. The molecule has 2 aliphatic heterocycles. The van der Waals surface area contributed by atoms with E-state index in [0.717, 1.165) is 34.1 Å². The standard InChI is InChI=1S/C23H24N4O4/c1-2-11-25-13-20(28)26-19(23(25)29)12-17-16-5-3-4-6-18(16)24-21(17)22(26)14-7-9-15(10-8-14)27(30)31/h3-10,19,22,24,27,30H,2,11-13H2,1H3. The number of rotatable bonds is 4. The molecule has 5 rings (SSSR count). The number of H-pyrrole nitrogens is 1. The highest BCUT2D eigenvalue weighted by Gasteiger charge is 2.47. The number of aromatic nitrogens is 1. The van der Waals surface area contributed by atoms with Crippen molar-refractivity contribution in [1.29, 1.82) is 0 Å². The molecule has 0 aliphatic carbocycles. The van der Waals surface area contributed by atoms with E-state index in [1.807, 2.05) is 31.2 Å². The molecular weight excluding hydrogens is 396 g/mol. The molecule has 160 valence electrons. The van der Waals surface area contributed by atoms with E-state index >= 15 is 0 Å². The van der Waals surface area contributed by atoms with Crippen LogP contribution in [0.1, 0.15) is 36.2 Å². The predicted molar refractivity (Wildman–Crippen MR) is 114 cm³/mol. The molecule has 3 N–H and O–H groups in total. The number of amides is 2. The fraction of sp³-hybridized carbons (Fsp3) is 0.304. The van der Waals surface area contributed by atoms with Crippen LogP contribution < -0.4 is 5.23 Å². The number of quaternary nitrogens is 1. The average molecular weight is 420 g/mol. The van der Waals surface area contributed by atoms with Gasteiger partial charge < -0.3 is 20.0 Å². The third kappa shape index (κ3) is 3.11. The first-order valence-electron chi connectivity index (χ1n) is 10.5. The summed E-state index contributed by atoms with van der Waals surface area (Å²) >= 11 is 0. The lowest BCUT2D eigenvalue weighted by molar-refractivity contribution is -0.991. The lowest BCUT2D eigenvalue weighted by Crippen LogP contribution is -2.99. The molecule has 1 fully saturated rings. The normalized spacial score (nSPS) is 21.9. The van der Waals surface area contributed by atoms with Crippen molar-refractivity contribution in [3.05, 3.63) is 70.6 Å². The van der Waals surface area contributed by atoms with Crippen LogP contribution in [0.4, 0.5) is 5.69 Å². The first kappa shape index (κ1) is 19.7. The fourth-order valence-electron chi connectivity index (χ4n) is 4.94. The van der Waals surface area contributed by atoms with Gasteiger partial charge in [-0.05, 0) is 23.6 Å². The number of fused-ring (bicyclic) bond motifs is 4. The number of para-hydroxylation sites is 1. The Hall–Kier alpha value is -3.20. The van der Waals surface area contributed by atoms with E-state index in [0.29, 0.717) is 13.0 Å². The van der Waals surface area contributed by atoms with Gasteiger partial charge in [-0.25, -0.2) is 5.21 Å². The zero-order valence-corrected chi connectivity index (χ0v) is 17.2. The van der Waals surface area contributed by atoms with Crippen molar-refractivity contribution in [3.63, 3.8) is 0 Å². The van der Waals surface area contributed by atoms with Crippen LogP contribution in [0.25, 0.3) is 10.9 Å². The Labute approximate surface area is 179 Å². The highest BCUT2D eigenvalue weighted by Crippen LogP contribution is 2.42. The Balaban J connectivity index is 1.67. The zero-order chi connectivity index (χ0) is 21.7. The quantitative estimate of drug-likeness (QED) is 0.559. The first-order chi connectivity index (χ1) is 15.0. The van der Waals surface area contributed by atoms with Gasteiger partial charge in [-0.3, -0.25) is 9.59 Å². The second kappa shape index (κ2) is 7.49. The second-order valence-electron chi connectivity index (χ2n) is 8.17. The smallest absolute Gasteiger partial charge is 0.246 e. The molecule has 1 aromatic heterocycles. The van der Waals surface area contributed by atoms with E-state index < -0.39 is 17.3 Å². The minimum absolute atomic E-state index is 0.0236. The molecule has 8 heteroatoms. The number of hydrogen-bond donors (Lipinski definition) is 3. The molecule has 2 aromatic carbocycles. The maximum Gasteiger partial charge on any atom is 0.246 e. The van der Waals surface area contributed by atoms with Crippen LogP contribution in [-0.4, -0.2) is 50.9 Å². The van der Waals surface area contributed by atoms with Gasteiger partial charge in [-0.2, -0.15) is 5.23 Å². The number of nitrogens with one attached hydrogen (secondary N) is 2. The molecular formula is C23H24N4O4. The largest absolute Gasteiger partial charge is 0.595 e. The topological polar surface area (TPSA) is 104 Å². The molecule has 3 heterocycles. The summed E-state index contributed by atoms with van der Waals surface area (Å²) in [5, 5.41) is 20.6. The molecule has 3 unspecified atom stereocenters. The van der Waals surface area contributed by atoms with Gasteiger partial charge in [-0.15, -0.1) is 0 Å². The van der Waals surface area contributed by atoms with Gasteiger partial charge in [0.15, 0.2) is 5.69 Å². The van der Waals surface area contributed by atoms with Crippen molar-refractivity contribution >= 4 is 28.4 Å². The number of benzene rings is 2. The molecule has 0 bridgehead atoms. The van der Waals surface area contributed by atoms with Crippen LogP contribution in [0, 0.1) is 5.21 Å². The Morgan fingerprint density at radius 2 is 1.90 bits per heavy atom. The minimum atomic E-state index is -1.00. The van der Waals surface area contributed by atoms with Gasteiger partial charge in [0.05, 0.1) is 12.6 Å². The summed E-state index contributed by atoms with van der Waals surface area (Å²) < 4.78 is 0. The van der Waals surface area contributed by atoms with Crippen molar-refractivity contribution in [1.82, 2.24) is 14.8 Å². The number of hydrogen-bond acceptors (Lipinski definition) is 4. The molecule has 0 radical (unpaired) electrons. The molecule has 0 saturated carbocycles. The SMILES string of the molecule is CCCN1CC(=O)N2C(Cc3c([nH]c4ccccc34)C2c2ccc([NH+]([O-])O)cc2)C1=O. The van der Waals surface area contributed by atoms with Crippen molar-refractivity contribution in [3.8, 4) is 0 Å². The summed E-state index contributed by atoms with van der Waals surface area (Å²) in [7, 11) is 0. The van der Waals surface area contributed by atoms with Gasteiger partial charge in [-0.1, -0.05) is 37.3 Å². The molecule has 0 spiro atoms. The van der Waals surface area contributed by atoms with E-state index in [1.165, 1.54) is 0 Å². The molecule has 2 amide bonds. The number of nitrogens with zero attached hydrogens (tertiary/aromatic N) is 2. The molecule has 8 nitrogen and oxygen atoms in total. The average Bonchev–Trinajstić information content (AvgIpc) is 3.14. The van der Waals surface area contributed by atoms with Crippen LogP contribution in [0.5, 0.6) is 0 Å².